The molecule has 2 aromatic rings. The van der Waals surface area contributed by atoms with Crippen LogP contribution < -0.4 is 10.2 Å². The quantitative estimate of drug-likeness (QED) is 0.735. The van der Waals surface area contributed by atoms with E-state index in [1.54, 1.807) is 31.2 Å². The third-order valence-corrected chi connectivity index (χ3v) is 6.66. The Morgan fingerprint density at radius 3 is 2.23 bits per heavy atom. The van der Waals surface area contributed by atoms with Gasteiger partial charge >= 0.3 is 0 Å². The maximum absolute atomic E-state index is 13.3. The monoisotopic (exact) mass is 447 g/mol. The van der Waals surface area contributed by atoms with Gasteiger partial charge in [-0.2, -0.15) is 4.31 Å². The van der Waals surface area contributed by atoms with Crippen molar-refractivity contribution in [2.75, 3.05) is 24.2 Å². The molecule has 2 aromatic carbocycles. The Bertz CT molecular complexity index is 1070. The minimum Gasteiger partial charge on any atom is -0.350 e. The largest absolute Gasteiger partial charge is 0.350 e. The Hall–Kier alpha value is -2.78. The zero-order chi connectivity index (χ0) is 22.8. The summed E-state index contributed by atoms with van der Waals surface area (Å²) in [6, 6.07) is 13.0. The molecule has 0 radical (unpaired) electrons. The van der Waals surface area contributed by atoms with E-state index in [4.69, 9.17) is 0 Å². The number of carbonyl (C=O) groups is 2. The molecular formula is C22H26FN3O4S. The smallest absolute Gasteiger partial charge is 0.247 e. The predicted octanol–water partition coefficient (Wildman–Crippen LogP) is 2.07. The van der Waals surface area contributed by atoms with E-state index < -0.39 is 27.4 Å². The van der Waals surface area contributed by atoms with Crippen LogP contribution >= 0.6 is 0 Å². The van der Waals surface area contributed by atoms with E-state index >= 15 is 0 Å². The van der Waals surface area contributed by atoms with Crippen molar-refractivity contribution in [3.05, 3.63) is 65.5 Å². The average molecular weight is 448 g/mol. The van der Waals surface area contributed by atoms with E-state index in [1.807, 2.05) is 19.1 Å². The normalized spacial score (nSPS) is 20.0. The summed E-state index contributed by atoms with van der Waals surface area (Å²) in [6.07, 6.45) is 1.84. The SMILES string of the molecule is CCc1ccc(N2C(=O)CN(S(C)(=O)=O)C[C@]2(C)C(=O)NCc2ccc(F)cc2)cc1. The fourth-order valence-electron chi connectivity index (χ4n) is 3.66. The van der Waals surface area contributed by atoms with Gasteiger partial charge in [0.1, 0.15) is 11.4 Å². The molecule has 1 N–H and O–H groups in total. The first-order valence-electron chi connectivity index (χ1n) is 9.94. The second kappa shape index (κ2) is 8.76. The number of piperazine rings is 1. The lowest BCUT2D eigenvalue weighted by molar-refractivity contribution is -0.133. The molecular weight excluding hydrogens is 421 g/mol. The van der Waals surface area contributed by atoms with Crippen LogP contribution in [0, 0.1) is 5.82 Å². The molecule has 1 aliphatic rings. The standard InChI is InChI=1S/C22H26FN3O4S/c1-4-16-7-11-19(12-8-16)26-20(27)14-25(31(3,29)30)15-22(26,2)21(28)24-13-17-5-9-18(23)10-6-17/h5-12H,4,13-15H2,1-3H3,(H,24,28)/t22-/m1/s1. The lowest BCUT2D eigenvalue weighted by Crippen LogP contribution is -2.70. The van der Waals surface area contributed by atoms with Gasteiger partial charge in [-0.3, -0.25) is 14.5 Å². The lowest BCUT2D eigenvalue weighted by atomic mass is 9.94. The van der Waals surface area contributed by atoms with Crippen LogP contribution in [-0.2, 0) is 32.6 Å². The average Bonchev–Trinajstić information content (AvgIpc) is 2.72. The number of anilines is 1. The molecule has 0 aromatic heterocycles. The van der Waals surface area contributed by atoms with Crippen molar-refractivity contribution in [2.45, 2.75) is 32.4 Å². The predicted molar refractivity (Wildman–Crippen MR) is 116 cm³/mol. The van der Waals surface area contributed by atoms with Crippen LogP contribution in [0.1, 0.15) is 25.0 Å². The van der Waals surface area contributed by atoms with Crippen LogP contribution in [0.3, 0.4) is 0 Å². The fraction of sp³-hybridized carbons (Fsp3) is 0.364. The number of aryl methyl sites for hydroxylation is 1. The molecule has 0 saturated carbocycles. The molecule has 0 bridgehead atoms. The second-order valence-corrected chi connectivity index (χ2v) is 9.85. The molecule has 9 heteroatoms. The summed E-state index contributed by atoms with van der Waals surface area (Å²) in [5, 5.41) is 2.77. The van der Waals surface area contributed by atoms with Gasteiger partial charge in [0.25, 0.3) is 0 Å². The molecule has 1 aliphatic heterocycles. The highest BCUT2D eigenvalue weighted by Crippen LogP contribution is 2.31. The number of nitrogens with one attached hydrogen (secondary N) is 1. The molecule has 166 valence electrons. The topological polar surface area (TPSA) is 86.8 Å². The maximum atomic E-state index is 13.3. The number of sulfonamides is 1. The zero-order valence-corrected chi connectivity index (χ0v) is 18.6. The van der Waals surface area contributed by atoms with Gasteiger partial charge in [0, 0.05) is 18.8 Å². The Morgan fingerprint density at radius 1 is 1.10 bits per heavy atom. The summed E-state index contributed by atoms with van der Waals surface area (Å²) in [7, 11) is -3.69. The van der Waals surface area contributed by atoms with Gasteiger partial charge in [-0.05, 0) is 48.7 Å². The van der Waals surface area contributed by atoms with Crippen molar-refractivity contribution >= 4 is 27.5 Å². The molecule has 1 saturated heterocycles. The highest BCUT2D eigenvalue weighted by Gasteiger charge is 2.50. The van der Waals surface area contributed by atoms with Crippen molar-refractivity contribution in [3.63, 3.8) is 0 Å². The van der Waals surface area contributed by atoms with Gasteiger partial charge < -0.3 is 5.32 Å². The van der Waals surface area contributed by atoms with Crippen molar-refractivity contribution in [3.8, 4) is 0 Å². The van der Waals surface area contributed by atoms with Crippen molar-refractivity contribution in [1.29, 1.82) is 0 Å². The number of hydrogen-bond acceptors (Lipinski definition) is 4. The fourth-order valence-corrected chi connectivity index (χ4v) is 4.49. The lowest BCUT2D eigenvalue weighted by Gasteiger charge is -2.46. The molecule has 31 heavy (non-hydrogen) atoms. The van der Waals surface area contributed by atoms with E-state index in [9.17, 15) is 22.4 Å². The van der Waals surface area contributed by atoms with Gasteiger partial charge in [0.2, 0.25) is 21.8 Å². The van der Waals surface area contributed by atoms with Crippen LogP contribution in [-0.4, -0.2) is 49.4 Å². The minimum absolute atomic E-state index is 0.115. The number of benzene rings is 2. The third-order valence-electron chi connectivity index (χ3n) is 5.47. The summed E-state index contributed by atoms with van der Waals surface area (Å²) < 4.78 is 38.5. The highest BCUT2D eigenvalue weighted by molar-refractivity contribution is 7.88. The first-order valence-corrected chi connectivity index (χ1v) is 11.8. The Kier molecular flexibility index (Phi) is 6.47. The molecule has 2 amide bonds. The number of hydrogen-bond donors (Lipinski definition) is 1. The minimum atomic E-state index is -3.69. The summed E-state index contributed by atoms with van der Waals surface area (Å²) in [5.41, 5.74) is 0.814. The third kappa shape index (κ3) is 4.94. The van der Waals surface area contributed by atoms with Gasteiger partial charge in [0.15, 0.2) is 0 Å². The molecule has 0 aliphatic carbocycles. The van der Waals surface area contributed by atoms with Crippen molar-refractivity contribution in [1.82, 2.24) is 9.62 Å². The van der Waals surface area contributed by atoms with Gasteiger partial charge in [-0.1, -0.05) is 31.2 Å². The Labute approximate surface area is 181 Å². The molecule has 0 spiro atoms. The first-order chi connectivity index (χ1) is 14.5. The highest BCUT2D eigenvalue weighted by atomic mass is 32.2. The Morgan fingerprint density at radius 2 is 1.68 bits per heavy atom. The molecule has 1 fully saturated rings. The first kappa shape index (κ1) is 22.9. The number of nitrogens with zero attached hydrogens (tertiary/aromatic N) is 2. The van der Waals surface area contributed by atoms with Crippen LogP contribution in [0.4, 0.5) is 10.1 Å². The second-order valence-electron chi connectivity index (χ2n) is 7.86. The van der Waals surface area contributed by atoms with E-state index in [0.29, 0.717) is 11.3 Å². The molecule has 0 unspecified atom stereocenters. The molecule has 3 rings (SSSR count). The van der Waals surface area contributed by atoms with Gasteiger partial charge in [-0.15, -0.1) is 0 Å². The van der Waals surface area contributed by atoms with Gasteiger partial charge in [-0.25, -0.2) is 12.8 Å². The molecule has 1 heterocycles. The van der Waals surface area contributed by atoms with E-state index in [-0.39, 0.29) is 25.5 Å². The van der Waals surface area contributed by atoms with Crippen molar-refractivity contribution in [2.24, 2.45) is 0 Å². The number of halogens is 1. The van der Waals surface area contributed by atoms with E-state index in [0.717, 1.165) is 22.5 Å². The van der Waals surface area contributed by atoms with E-state index in [2.05, 4.69) is 5.32 Å². The van der Waals surface area contributed by atoms with Gasteiger partial charge in [0.05, 0.1) is 12.8 Å². The summed E-state index contributed by atoms with van der Waals surface area (Å²) in [6.45, 7) is 3.16. The number of carbonyl (C=O) groups excluding carboxylic acids is 2. The van der Waals surface area contributed by atoms with Crippen LogP contribution in [0.2, 0.25) is 0 Å². The van der Waals surface area contributed by atoms with Crippen LogP contribution in [0.15, 0.2) is 48.5 Å². The number of amides is 2. The summed E-state index contributed by atoms with van der Waals surface area (Å²) in [5.74, 6) is -1.37. The van der Waals surface area contributed by atoms with Crippen LogP contribution in [0.5, 0.6) is 0 Å². The van der Waals surface area contributed by atoms with Crippen LogP contribution in [0.25, 0.3) is 0 Å². The summed E-state index contributed by atoms with van der Waals surface area (Å²) in [4.78, 5) is 27.7. The molecule has 1 atom stereocenters. The maximum Gasteiger partial charge on any atom is 0.247 e. The summed E-state index contributed by atoms with van der Waals surface area (Å²) >= 11 is 0. The number of rotatable bonds is 6. The molecule has 7 nitrogen and oxygen atoms in total. The Balaban J connectivity index is 1.93. The zero-order valence-electron chi connectivity index (χ0n) is 17.8. The van der Waals surface area contributed by atoms with Crippen molar-refractivity contribution < 1.29 is 22.4 Å². The van der Waals surface area contributed by atoms with E-state index in [1.165, 1.54) is 17.0 Å².